The van der Waals surface area contributed by atoms with Crippen LogP contribution < -0.4 is 15.2 Å². The summed E-state index contributed by atoms with van der Waals surface area (Å²) in [5.41, 5.74) is 11.1. The van der Waals surface area contributed by atoms with Gasteiger partial charge in [0.05, 0.1) is 25.6 Å². The first kappa shape index (κ1) is 22.8. The van der Waals surface area contributed by atoms with Crippen LogP contribution in [0.5, 0.6) is 11.8 Å². The molecular weight excluding hydrogens is 456 g/mol. The molecule has 6 rings (SSSR count). The number of ether oxygens (including phenoxy) is 2. The number of likely N-dealkylation sites (tertiary alicyclic amines) is 1. The van der Waals surface area contributed by atoms with Crippen LogP contribution in [-0.4, -0.2) is 63.1 Å². The molecule has 5 heterocycles. The Morgan fingerprint density at radius 1 is 1.11 bits per heavy atom. The molecule has 2 fully saturated rings. The highest BCUT2D eigenvalue weighted by molar-refractivity contribution is 5.96. The Labute approximate surface area is 209 Å². The molecule has 1 atom stereocenters. The lowest BCUT2D eigenvalue weighted by Crippen LogP contribution is -2.45. The van der Waals surface area contributed by atoms with Crippen molar-refractivity contribution in [2.75, 3.05) is 27.3 Å². The summed E-state index contributed by atoms with van der Waals surface area (Å²) in [5.74, 6) is 1.79. The van der Waals surface area contributed by atoms with Crippen molar-refractivity contribution >= 4 is 22.6 Å². The van der Waals surface area contributed by atoms with E-state index in [2.05, 4.69) is 10.6 Å². The number of rotatable bonds is 6. The molecule has 4 aromatic rings. The summed E-state index contributed by atoms with van der Waals surface area (Å²) in [6.45, 7) is 4.22. The van der Waals surface area contributed by atoms with Gasteiger partial charge in [-0.2, -0.15) is 4.98 Å². The highest BCUT2D eigenvalue weighted by Gasteiger charge is 2.28. The maximum atomic E-state index is 13.3. The van der Waals surface area contributed by atoms with Crippen molar-refractivity contribution in [3.05, 3.63) is 41.6 Å². The number of carbonyl (C=O) groups is 1. The summed E-state index contributed by atoms with van der Waals surface area (Å²) < 4.78 is 15.4. The largest absolute Gasteiger partial charge is 0.482 e. The van der Waals surface area contributed by atoms with E-state index < -0.39 is 0 Å². The second-order valence-corrected chi connectivity index (χ2v) is 10.0. The Morgan fingerprint density at radius 3 is 2.67 bits per heavy atom. The van der Waals surface area contributed by atoms with E-state index in [0.717, 1.165) is 54.0 Å². The molecule has 0 aromatic carbocycles. The minimum Gasteiger partial charge on any atom is -0.482 e. The van der Waals surface area contributed by atoms with Crippen molar-refractivity contribution in [3.8, 4) is 23.1 Å². The number of fused-ring (bicyclic) bond motifs is 2. The predicted octanol–water partition coefficient (Wildman–Crippen LogP) is 3.65. The van der Waals surface area contributed by atoms with E-state index in [1.54, 1.807) is 20.3 Å². The van der Waals surface area contributed by atoms with Gasteiger partial charge >= 0.3 is 0 Å². The molecule has 1 amide bonds. The standard InChI is InChI=1S/C27H32N6O3/c1-16-25(21-11-18-8-9-23(35-2)30-26(18)32(21)14-17-6-7-17)29-22-12-19(13-24(36-3)33(16)22)27(34)31-10-4-5-20(28)15-31/h8-9,11-13,17,20H,4-7,10,14-15,28H2,1-3H3/t20-/m1/s1. The average molecular weight is 489 g/mol. The molecule has 4 aromatic heterocycles. The molecule has 9 nitrogen and oxygen atoms in total. The number of amides is 1. The van der Waals surface area contributed by atoms with Crippen molar-refractivity contribution in [2.24, 2.45) is 11.7 Å². The van der Waals surface area contributed by atoms with Crippen LogP contribution in [0.15, 0.2) is 30.3 Å². The van der Waals surface area contributed by atoms with Gasteiger partial charge in [0.15, 0.2) is 5.88 Å². The molecule has 2 N–H and O–H groups in total. The molecule has 1 aliphatic carbocycles. The van der Waals surface area contributed by atoms with Gasteiger partial charge in [-0.3, -0.25) is 9.20 Å². The van der Waals surface area contributed by atoms with Gasteiger partial charge in [0.25, 0.3) is 5.91 Å². The van der Waals surface area contributed by atoms with E-state index in [0.29, 0.717) is 35.4 Å². The number of piperidine rings is 1. The van der Waals surface area contributed by atoms with Crippen LogP contribution in [0.25, 0.3) is 28.1 Å². The molecule has 0 radical (unpaired) electrons. The molecule has 1 aliphatic heterocycles. The smallest absolute Gasteiger partial charge is 0.254 e. The van der Waals surface area contributed by atoms with Gasteiger partial charge < -0.3 is 24.7 Å². The minimum absolute atomic E-state index is 0.0224. The number of aryl methyl sites for hydroxylation is 1. The molecule has 0 bridgehead atoms. The number of nitrogens with zero attached hydrogens (tertiary/aromatic N) is 5. The van der Waals surface area contributed by atoms with Crippen LogP contribution in [0, 0.1) is 12.8 Å². The van der Waals surface area contributed by atoms with E-state index >= 15 is 0 Å². The number of imidazole rings is 1. The van der Waals surface area contributed by atoms with Gasteiger partial charge in [0, 0.05) is 48.8 Å². The van der Waals surface area contributed by atoms with E-state index in [4.69, 9.17) is 25.2 Å². The van der Waals surface area contributed by atoms with Gasteiger partial charge in [-0.15, -0.1) is 0 Å². The van der Waals surface area contributed by atoms with Crippen LogP contribution in [0.1, 0.15) is 41.7 Å². The molecule has 0 unspecified atom stereocenters. The van der Waals surface area contributed by atoms with Gasteiger partial charge in [-0.1, -0.05) is 0 Å². The molecule has 36 heavy (non-hydrogen) atoms. The van der Waals surface area contributed by atoms with Crippen molar-refractivity contribution in [2.45, 2.75) is 45.2 Å². The Bertz CT molecular complexity index is 1470. The van der Waals surface area contributed by atoms with Crippen molar-refractivity contribution < 1.29 is 14.3 Å². The first-order valence-corrected chi connectivity index (χ1v) is 12.6. The number of methoxy groups -OCH3 is 2. The fourth-order valence-electron chi connectivity index (χ4n) is 5.33. The maximum Gasteiger partial charge on any atom is 0.254 e. The number of carbonyl (C=O) groups excluding carboxylic acids is 1. The number of aromatic nitrogens is 4. The minimum atomic E-state index is -0.0349. The molecule has 2 aliphatic rings. The van der Waals surface area contributed by atoms with E-state index in [1.807, 2.05) is 34.4 Å². The first-order valence-electron chi connectivity index (χ1n) is 12.6. The number of nitrogens with two attached hydrogens (primary N) is 1. The van der Waals surface area contributed by atoms with Crippen LogP contribution in [0.3, 0.4) is 0 Å². The monoisotopic (exact) mass is 488 g/mol. The lowest BCUT2D eigenvalue weighted by Gasteiger charge is -2.30. The second kappa shape index (κ2) is 8.81. The Hall–Kier alpha value is -3.59. The molecule has 188 valence electrons. The summed E-state index contributed by atoms with van der Waals surface area (Å²) in [5, 5.41) is 1.05. The topological polar surface area (TPSA) is 99.9 Å². The normalized spacial score (nSPS) is 18.2. The zero-order valence-electron chi connectivity index (χ0n) is 21.0. The highest BCUT2D eigenvalue weighted by Crippen LogP contribution is 2.37. The Morgan fingerprint density at radius 2 is 1.94 bits per heavy atom. The third kappa shape index (κ3) is 3.87. The van der Waals surface area contributed by atoms with E-state index in [-0.39, 0.29) is 11.9 Å². The molecular formula is C27H32N6O3. The fourth-order valence-corrected chi connectivity index (χ4v) is 5.33. The van der Waals surface area contributed by atoms with E-state index in [1.165, 1.54) is 12.8 Å². The summed E-state index contributed by atoms with van der Waals surface area (Å²) in [4.78, 5) is 25.0. The van der Waals surface area contributed by atoms with Gasteiger partial charge in [0.2, 0.25) is 5.88 Å². The third-order valence-corrected chi connectivity index (χ3v) is 7.43. The van der Waals surface area contributed by atoms with Crippen molar-refractivity contribution in [1.82, 2.24) is 23.8 Å². The number of hydrogen-bond acceptors (Lipinski definition) is 6. The van der Waals surface area contributed by atoms with Gasteiger partial charge in [-0.25, -0.2) is 4.98 Å². The summed E-state index contributed by atoms with van der Waals surface area (Å²) in [7, 11) is 3.26. The van der Waals surface area contributed by atoms with Crippen LogP contribution in [0.4, 0.5) is 0 Å². The predicted molar refractivity (Wildman–Crippen MR) is 138 cm³/mol. The van der Waals surface area contributed by atoms with Crippen molar-refractivity contribution in [3.63, 3.8) is 0 Å². The molecule has 1 saturated carbocycles. The average Bonchev–Trinajstić information content (AvgIpc) is 3.56. The fraction of sp³-hybridized carbons (Fsp3) is 0.444. The lowest BCUT2D eigenvalue weighted by molar-refractivity contribution is 0.0708. The zero-order chi connectivity index (χ0) is 25.0. The quantitative estimate of drug-likeness (QED) is 0.445. The molecule has 9 heteroatoms. The summed E-state index contributed by atoms with van der Waals surface area (Å²) >= 11 is 0. The zero-order valence-corrected chi connectivity index (χ0v) is 21.0. The van der Waals surface area contributed by atoms with Crippen LogP contribution in [0.2, 0.25) is 0 Å². The number of pyridine rings is 2. The summed E-state index contributed by atoms with van der Waals surface area (Å²) in [6.07, 6.45) is 4.33. The Kier molecular flexibility index (Phi) is 5.59. The van der Waals surface area contributed by atoms with E-state index in [9.17, 15) is 4.79 Å². The SMILES string of the molecule is COc1ccc2cc(-c3nc4cc(C(=O)N5CCC[C@@H](N)C5)cc(OC)n4c3C)n(CC3CC3)c2n1. The van der Waals surface area contributed by atoms with Gasteiger partial charge in [-0.05, 0) is 56.7 Å². The third-order valence-electron chi connectivity index (χ3n) is 7.43. The van der Waals surface area contributed by atoms with Gasteiger partial charge in [0.1, 0.15) is 17.0 Å². The maximum absolute atomic E-state index is 13.3. The molecule has 1 saturated heterocycles. The first-order chi connectivity index (χ1) is 17.5. The molecule has 0 spiro atoms. The van der Waals surface area contributed by atoms with Crippen molar-refractivity contribution in [1.29, 1.82) is 0 Å². The highest BCUT2D eigenvalue weighted by atomic mass is 16.5. The number of hydrogen-bond donors (Lipinski definition) is 1. The van der Waals surface area contributed by atoms with Crippen LogP contribution in [-0.2, 0) is 6.54 Å². The second-order valence-electron chi connectivity index (χ2n) is 10.0. The lowest BCUT2D eigenvalue weighted by atomic mass is 10.1. The summed E-state index contributed by atoms with van der Waals surface area (Å²) in [6, 6.07) is 9.76. The van der Waals surface area contributed by atoms with Crippen LogP contribution >= 0.6 is 0 Å². The Balaban J connectivity index is 1.48.